The van der Waals surface area contributed by atoms with Crippen LogP contribution in [0, 0.1) is 0 Å². The molecule has 0 saturated heterocycles. The maximum Gasteiger partial charge on any atom is 0.418 e. The summed E-state index contributed by atoms with van der Waals surface area (Å²) in [6.45, 7) is 0.0559. The summed E-state index contributed by atoms with van der Waals surface area (Å²) in [6.07, 6.45) is -6.03. The van der Waals surface area contributed by atoms with E-state index in [9.17, 15) is 13.2 Å². The van der Waals surface area contributed by atoms with E-state index >= 15 is 0 Å². The predicted molar refractivity (Wildman–Crippen MR) is 40.0 cm³/mol. The number of hydrogen-bond acceptors (Lipinski definition) is 1. The fourth-order valence-corrected chi connectivity index (χ4v) is 1.46. The van der Waals surface area contributed by atoms with Crippen LogP contribution in [0.25, 0.3) is 0 Å². The van der Waals surface area contributed by atoms with Crippen LogP contribution in [0.15, 0.2) is 24.3 Å². The van der Waals surface area contributed by atoms with Crippen LogP contribution < -0.4 is 0 Å². The van der Waals surface area contributed by atoms with Crippen LogP contribution in [0.1, 0.15) is 17.2 Å². The minimum absolute atomic E-state index is 0.0559. The molecule has 0 aromatic heterocycles. The van der Waals surface area contributed by atoms with Gasteiger partial charge in [0.1, 0.15) is 0 Å². The molecule has 2 rings (SSSR count). The highest BCUT2D eigenvalue weighted by Gasteiger charge is 2.45. The van der Waals surface area contributed by atoms with Gasteiger partial charge in [-0.1, -0.05) is 24.3 Å². The first-order valence-electron chi connectivity index (χ1n) is 3.85. The molecule has 0 amide bonds. The summed E-state index contributed by atoms with van der Waals surface area (Å²) in [7, 11) is 0. The van der Waals surface area contributed by atoms with Crippen molar-refractivity contribution in [3.63, 3.8) is 0 Å². The molecule has 0 spiro atoms. The zero-order valence-corrected chi connectivity index (χ0v) is 6.64. The van der Waals surface area contributed by atoms with Crippen LogP contribution in [-0.4, -0.2) is 6.18 Å². The normalized spacial score (nSPS) is 21.6. The van der Waals surface area contributed by atoms with Crippen molar-refractivity contribution in [2.45, 2.75) is 18.9 Å². The molecule has 1 aliphatic rings. The van der Waals surface area contributed by atoms with Crippen molar-refractivity contribution in [1.82, 2.24) is 0 Å². The van der Waals surface area contributed by atoms with Gasteiger partial charge >= 0.3 is 6.18 Å². The van der Waals surface area contributed by atoms with E-state index in [1.54, 1.807) is 18.2 Å². The van der Waals surface area contributed by atoms with Crippen LogP contribution in [0.3, 0.4) is 0 Å². The second-order valence-electron chi connectivity index (χ2n) is 2.93. The van der Waals surface area contributed by atoms with Crippen molar-refractivity contribution in [3.8, 4) is 0 Å². The standard InChI is InChI=1S/C9H7F3O/c10-9(11,12)8-7-4-2-1-3-6(7)5-13-8/h1-4,8H,5H2. The van der Waals surface area contributed by atoms with E-state index in [1.807, 2.05) is 0 Å². The molecule has 0 fully saturated rings. The van der Waals surface area contributed by atoms with Gasteiger partial charge in [-0.25, -0.2) is 0 Å². The van der Waals surface area contributed by atoms with Crippen molar-refractivity contribution in [2.24, 2.45) is 0 Å². The van der Waals surface area contributed by atoms with E-state index in [-0.39, 0.29) is 12.2 Å². The number of alkyl halides is 3. The Morgan fingerprint density at radius 1 is 1.23 bits per heavy atom. The monoisotopic (exact) mass is 188 g/mol. The van der Waals surface area contributed by atoms with Crippen molar-refractivity contribution in [1.29, 1.82) is 0 Å². The summed E-state index contributed by atoms with van der Waals surface area (Å²) in [5, 5.41) is 0. The third-order valence-corrected chi connectivity index (χ3v) is 2.04. The SMILES string of the molecule is FC(F)(F)C1OCc2ccccc21. The lowest BCUT2D eigenvalue weighted by Gasteiger charge is -2.14. The van der Waals surface area contributed by atoms with Gasteiger partial charge in [-0.15, -0.1) is 0 Å². The van der Waals surface area contributed by atoms with Gasteiger partial charge in [-0.05, 0) is 11.1 Å². The molecule has 1 aromatic rings. The highest BCUT2D eigenvalue weighted by molar-refractivity contribution is 5.32. The number of benzene rings is 1. The van der Waals surface area contributed by atoms with Crippen LogP contribution >= 0.6 is 0 Å². The average Bonchev–Trinajstić information content (AvgIpc) is 2.45. The Kier molecular flexibility index (Phi) is 1.80. The van der Waals surface area contributed by atoms with E-state index in [1.165, 1.54) is 6.07 Å². The van der Waals surface area contributed by atoms with Crippen LogP contribution in [0.4, 0.5) is 13.2 Å². The third kappa shape index (κ3) is 1.42. The van der Waals surface area contributed by atoms with Crippen LogP contribution in [0.5, 0.6) is 0 Å². The van der Waals surface area contributed by atoms with Crippen LogP contribution in [0.2, 0.25) is 0 Å². The summed E-state index contributed by atoms with van der Waals surface area (Å²) in [5.41, 5.74) is 0.875. The highest BCUT2D eigenvalue weighted by atomic mass is 19.4. The molecule has 0 radical (unpaired) electrons. The fourth-order valence-electron chi connectivity index (χ4n) is 1.46. The van der Waals surface area contributed by atoms with Crippen LogP contribution in [-0.2, 0) is 11.3 Å². The molecule has 4 heteroatoms. The minimum atomic E-state index is -4.30. The average molecular weight is 188 g/mol. The van der Waals surface area contributed by atoms with E-state index in [0.29, 0.717) is 5.56 Å². The maximum atomic E-state index is 12.3. The lowest BCUT2D eigenvalue weighted by atomic mass is 10.1. The van der Waals surface area contributed by atoms with E-state index in [0.717, 1.165) is 0 Å². The maximum absolute atomic E-state index is 12.3. The number of ether oxygens (including phenoxy) is 1. The number of rotatable bonds is 0. The zero-order chi connectivity index (χ0) is 9.47. The summed E-state index contributed by atoms with van der Waals surface area (Å²) in [4.78, 5) is 0. The molecule has 1 heterocycles. The summed E-state index contributed by atoms with van der Waals surface area (Å²) < 4.78 is 41.6. The smallest absolute Gasteiger partial charge is 0.359 e. The quantitative estimate of drug-likeness (QED) is 0.608. The van der Waals surface area contributed by atoms with E-state index in [4.69, 9.17) is 0 Å². The van der Waals surface area contributed by atoms with Crippen molar-refractivity contribution in [3.05, 3.63) is 35.4 Å². The number of hydrogen-bond donors (Lipinski definition) is 0. The lowest BCUT2D eigenvalue weighted by Crippen LogP contribution is -2.19. The molecule has 1 unspecified atom stereocenters. The first kappa shape index (κ1) is 8.56. The summed E-state index contributed by atoms with van der Waals surface area (Å²) in [6, 6.07) is 6.41. The first-order valence-corrected chi connectivity index (χ1v) is 3.85. The Hall–Kier alpha value is -1.03. The Bertz CT molecular complexity index is 319. The fraction of sp³-hybridized carbons (Fsp3) is 0.333. The lowest BCUT2D eigenvalue weighted by molar-refractivity contribution is -0.219. The topological polar surface area (TPSA) is 9.23 Å². The van der Waals surface area contributed by atoms with Gasteiger partial charge in [-0.3, -0.25) is 0 Å². The second kappa shape index (κ2) is 2.73. The van der Waals surface area contributed by atoms with Crippen molar-refractivity contribution in [2.75, 3.05) is 0 Å². The predicted octanol–water partition coefficient (Wildman–Crippen LogP) is 2.82. The highest BCUT2D eigenvalue weighted by Crippen LogP contribution is 2.41. The summed E-state index contributed by atoms with van der Waals surface area (Å²) in [5.74, 6) is 0. The molecule has 0 saturated carbocycles. The molecule has 1 atom stereocenters. The largest absolute Gasteiger partial charge is 0.418 e. The van der Waals surface area contributed by atoms with Gasteiger partial charge in [0, 0.05) is 0 Å². The van der Waals surface area contributed by atoms with E-state index in [2.05, 4.69) is 4.74 Å². The molecule has 0 aliphatic carbocycles. The molecule has 1 aliphatic heterocycles. The van der Waals surface area contributed by atoms with Crippen molar-refractivity contribution >= 4 is 0 Å². The zero-order valence-electron chi connectivity index (χ0n) is 6.64. The van der Waals surface area contributed by atoms with Gasteiger partial charge in [0.15, 0.2) is 6.10 Å². The summed E-state index contributed by atoms with van der Waals surface area (Å²) >= 11 is 0. The van der Waals surface area contributed by atoms with Gasteiger partial charge in [-0.2, -0.15) is 13.2 Å². The van der Waals surface area contributed by atoms with Gasteiger partial charge in [0.05, 0.1) is 6.61 Å². The Morgan fingerprint density at radius 3 is 2.62 bits per heavy atom. The molecule has 0 N–H and O–H groups in total. The molecule has 1 nitrogen and oxygen atoms in total. The molecule has 13 heavy (non-hydrogen) atoms. The molecule has 0 bridgehead atoms. The molecular formula is C9H7F3O. The Balaban J connectivity index is 2.39. The Morgan fingerprint density at radius 2 is 1.92 bits per heavy atom. The molecule has 70 valence electrons. The third-order valence-electron chi connectivity index (χ3n) is 2.04. The Labute approximate surface area is 73.1 Å². The number of fused-ring (bicyclic) bond motifs is 1. The molecular weight excluding hydrogens is 181 g/mol. The van der Waals surface area contributed by atoms with Gasteiger partial charge in [0.25, 0.3) is 0 Å². The first-order chi connectivity index (χ1) is 6.09. The molecule has 1 aromatic carbocycles. The second-order valence-corrected chi connectivity index (χ2v) is 2.93. The van der Waals surface area contributed by atoms with Gasteiger partial charge < -0.3 is 4.74 Å². The van der Waals surface area contributed by atoms with Crippen molar-refractivity contribution < 1.29 is 17.9 Å². The van der Waals surface area contributed by atoms with Gasteiger partial charge in [0.2, 0.25) is 0 Å². The van der Waals surface area contributed by atoms with E-state index < -0.39 is 12.3 Å². The number of halogens is 3. The minimum Gasteiger partial charge on any atom is -0.359 e.